The molecule has 106 valence electrons. The monoisotopic (exact) mass is 335 g/mol. The lowest BCUT2D eigenvalue weighted by Crippen LogP contribution is -2.22. The summed E-state index contributed by atoms with van der Waals surface area (Å²) in [5.74, 6) is 1.28. The highest BCUT2D eigenvalue weighted by atomic mass is 79.9. The molecule has 1 heterocycles. The Morgan fingerprint density at radius 3 is 2.70 bits per heavy atom. The number of hydrogen-bond acceptors (Lipinski definition) is 4. The van der Waals surface area contributed by atoms with Gasteiger partial charge in [0, 0.05) is 17.1 Å². The van der Waals surface area contributed by atoms with E-state index in [0.717, 1.165) is 21.5 Å². The van der Waals surface area contributed by atoms with E-state index in [-0.39, 0.29) is 0 Å². The first kappa shape index (κ1) is 14.9. The minimum absolute atomic E-state index is 0.428. The fourth-order valence-electron chi connectivity index (χ4n) is 1.59. The lowest BCUT2D eigenvalue weighted by Gasteiger charge is -2.09. The maximum atomic E-state index is 5.75. The highest BCUT2D eigenvalue weighted by Crippen LogP contribution is 2.26. The fourth-order valence-corrected chi connectivity index (χ4v) is 1.93. The Kier molecular flexibility index (Phi) is 5.09. The highest BCUT2D eigenvalue weighted by molar-refractivity contribution is 9.10. The van der Waals surface area contributed by atoms with Crippen molar-refractivity contribution in [2.75, 3.05) is 0 Å². The summed E-state index contributed by atoms with van der Waals surface area (Å²) in [6, 6.07) is 6.32. The van der Waals surface area contributed by atoms with Crippen molar-refractivity contribution >= 4 is 15.9 Å². The second kappa shape index (κ2) is 6.81. The molecule has 1 aromatic carbocycles. The molecule has 5 heteroatoms. The fraction of sp³-hybridized carbons (Fsp3) is 0.333. The number of nitrogens with one attached hydrogen (secondary N) is 1. The largest absolute Gasteiger partial charge is 0.437 e. The van der Waals surface area contributed by atoms with Crippen molar-refractivity contribution in [3.05, 3.63) is 46.3 Å². The first-order chi connectivity index (χ1) is 9.54. The van der Waals surface area contributed by atoms with Crippen LogP contribution in [0.5, 0.6) is 11.6 Å². The normalized spacial score (nSPS) is 10.8. The third-order valence-corrected chi connectivity index (χ3v) is 3.23. The number of ether oxygens (including phenoxy) is 1. The van der Waals surface area contributed by atoms with E-state index in [9.17, 15) is 0 Å². The lowest BCUT2D eigenvalue weighted by atomic mass is 10.2. The van der Waals surface area contributed by atoms with Gasteiger partial charge in [0.2, 0.25) is 5.88 Å². The molecule has 0 fully saturated rings. The Balaban J connectivity index is 2.05. The molecule has 1 N–H and O–H groups in total. The van der Waals surface area contributed by atoms with Crippen LogP contribution in [0, 0.1) is 6.92 Å². The second-order valence-electron chi connectivity index (χ2n) is 4.89. The van der Waals surface area contributed by atoms with E-state index >= 15 is 0 Å². The van der Waals surface area contributed by atoms with E-state index in [0.29, 0.717) is 18.5 Å². The first-order valence-electron chi connectivity index (χ1n) is 6.53. The number of halogens is 1. The number of rotatable bonds is 5. The van der Waals surface area contributed by atoms with Crippen molar-refractivity contribution in [1.82, 2.24) is 15.3 Å². The van der Waals surface area contributed by atoms with Crippen LogP contribution in [0.1, 0.15) is 25.1 Å². The van der Waals surface area contributed by atoms with Crippen LogP contribution in [0.2, 0.25) is 0 Å². The Morgan fingerprint density at radius 2 is 2.05 bits per heavy atom. The highest BCUT2D eigenvalue weighted by Gasteiger charge is 2.04. The van der Waals surface area contributed by atoms with Crippen molar-refractivity contribution in [2.24, 2.45) is 0 Å². The number of hydrogen-bond donors (Lipinski definition) is 1. The van der Waals surface area contributed by atoms with Gasteiger partial charge in [0.15, 0.2) is 0 Å². The van der Waals surface area contributed by atoms with Gasteiger partial charge in [0.25, 0.3) is 0 Å². The molecule has 0 radical (unpaired) electrons. The summed E-state index contributed by atoms with van der Waals surface area (Å²) in [6.07, 6.45) is 3.38. The van der Waals surface area contributed by atoms with Gasteiger partial charge in [-0.25, -0.2) is 4.98 Å². The van der Waals surface area contributed by atoms with Gasteiger partial charge in [-0.1, -0.05) is 35.8 Å². The molecule has 0 saturated carbocycles. The average molecular weight is 336 g/mol. The van der Waals surface area contributed by atoms with E-state index in [2.05, 4.69) is 45.1 Å². The van der Waals surface area contributed by atoms with Gasteiger partial charge in [-0.3, -0.25) is 4.98 Å². The van der Waals surface area contributed by atoms with Gasteiger partial charge >= 0.3 is 0 Å². The summed E-state index contributed by atoms with van der Waals surface area (Å²) < 4.78 is 6.72. The predicted molar refractivity (Wildman–Crippen MR) is 83.0 cm³/mol. The lowest BCUT2D eigenvalue weighted by molar-refractivity contribution is 0.454. The zero-order valence-electron chi connectivity index (χ0n) is 11.9. The second-order valence-corrected chi connectivity index (χ2v) is 5.81. The molecular formula is C15H18BrN3O. The number of nitrogens with zero attached hydrogens (tertiary/aromatic N) is 2. The van der Waals surface area contributed by atoms with Crippen molar-refractivity contribution in [3.63, 3.8) is 0 Å². The maximum Gasteiger partial charge on any atom is 0.237 e. The standard InChI is InChI=1S/C15H18BrN3O/c1-10(2)17-7-13-8-19-15(9-18-13)20-14-6-12(16)5-4-11(14)3/h4-6,8-10,17H,7H2,1-3H3. The zero-order chi connectivity index (χ0) is 14.5. The molecule has 0 aliphatic rings. The topological polar surface area (TPSA) is 47.0 Å². The Labute approximate surface area is 127 Å². The average Bonchev–Trinajstić information content (AvgIpc) is 2.42. The molecule has 0 saturated heterocycles. The van der Waals surface area contributed by atoms with Crippen LogP contribution in [0.15, 0.2) is 35.1 Å². The molecule has 0 amide bonds. The molecule has 4 nitrogen and oxygen atoms in total. The third kappa shape index (κ3) is 4.28. The predicted octanol–water partition coefficient (Wildman–Crippen LogP) is 3.84. The Morgan fingerprint density at radius 1 is 1.25 bits per heavy atom. The van der Waals surface area contributed by atoms with Crippen LogP contribution in [0.4, 0.5) is 0 Å². The Hall–Kier alpha value is -1.46. The van der Waals surface area contributed by atoms with E-state index in [4.69, 9.17) is 4.74 Å². The van der Waals surface area contributed by atoms with Crippen molar-refractivity contribution in [2.45, 2.75) is 33.4 Å². The van der Waals surface area contributed by atoms with Gasteiger partial charge in [0.05, 0.1) is 18.1 Å². The number of aromatic nitrogens is 2. The van der Waals surface area contributed by atoms with Crippen LogP contribution in [-0.2, 0) is 6.54 Å². The quantitative estimate of drug-likeness (QED) is 0.901. The minimum atomic E-state index is 0.428. The van der Waals surface area contributed by atoms with Gasteiger partial charge < -0.3 is 10.1 Å². The summed E-state index contributed by atoms with van der Waals surface area (Å²) in [4.78, 5) is 8.62. The van der Waals surface area contributed by atoms with Crippen LogP contribution in [-0.4, -0.2) is 16.0 Å². The maximum absolute atomic E-state index is 5.75. The van der Waals surface area contributed by atoms with Crippen LogP contribution in [0.25, 0.3) is 0 Å². The smallest absolute Gasteiger partial charge is 0.237 e. The van der Waals surface area contributed by atoms with E-state index in [1.807, 2.05) is 25.1 Å². The molecule has 0 aliphatic carbocycles. The van der Waals surface area contributed by atoms with Crippen molar-refractivity contribution in [1.29, 1.82) is 0 Å². The zero-order valence-corrected chi connectivity index (χ0v) is 13.4. The molecule has 2 aromatic rings. The molecular weight excluding hydrogens is 318 g/mol. The summed E-state index contributed by atoms with van der Waals surface area (Å²) >= 11 is 3.43. The molecule has 0 atom stereocenters. The van der Waals surface area contributed by atoms with Gasteiger partial charge in [0.1, 0.15) is 5.75 Å². The first-order valence-corrected chi connectivity index (χ1v) is 7.32. The van der Waals surface area contributed by atoms with Gasteiger partial charge in [-0.15, -0.1) is 0 Å². The van der Waals surface area contributed by atoms with Gasteiger partial charge in [-0.2, -0.15) is 0 Å². The van der Waals surface area contributed by atoms with Crippen LogP contribution >= 0.6 is 15.9 Å². The molecule has 2 rings (SSSR count). The molecule has 0 unspecified atom stereocenters. The molecule has 0 bridgehead atoms. The van der Waals surface area contributed by atoms with Gasteiger partial charge in [-0.05, 0) is 24.6 Å². The summed E-state index contributed by atoms with van der Waals surface area (Å²) in [6.45, 7) is 6.90. The third-order valence-electron chi connectivity index (χ3n) is 2.74. The molecule has 1 aromatic heterocycles. The van der Waals surface area contributed by atoms with E-state index in [1.54, 1.807) is 12.4 Å². The SMILES string of the molecule is Cc1ccc(Br)cc1Oc1cnc(CNC(C)C)cn1. The Bertz CT molecular complexity index is 570. The van der Waals surface area contributed by atoms with E-state index < -0.39 is 0 Å². The van der Waals surface area contributed by atoms with Crippen molar-refractivity contribution in [3.8, 4) is 11.6 Å². The van der Waals surface area contributed by atoms with E-state index in [1.165, 1.54) is 0 Å². The molecule has 20 heavy (non-hydrogen) atoms. The minimum Gasteiger partial charge on any atom is -0.437 e. The van der Waals surface area contributed by atoms with Crippen LogP contribution < -0.4 is 10.1 Å². The molecule has 0 aliphatic heterocycles. The molecule has 0 spiro atoms. The van der Waals surface area contributed by atoms with Crippen molar-refractivity contribution < 1.29 is 4.74 Å². The summed E-state index contributed by atoms with van der Waals surface area (Å²) in [7, 11) is 0. The number of benzene rings is 1. The summed E-state index contributed by atoms with van der Waals surface area (Å²) in [5, 5.41) is 3.30. The van der Waals surface area contributed by atoms with Crippen LogP contribution in [0.3, 0.4) is 0 Å². The summed E-state index contributed by atoms with van der Waals surface area (Å²) in [5.41, 5.74) is 1.96. The number of aryl methyl sites for hydroxylation is 1.